The Morgan fingerprint density at radius 2 is 1.88 bits per heavy atom. The van der Waals surface area contributed by atoms with Gasteiger partial charge in [-0.05, 0) is 18.8 Å². The van der Waals surface area contributed by atoms with Crippen LogP contribution in [0, 0.1) is 11.3 Å². The molecule has 102 valence electrons. The zero-order valence-corrected chi connectivity index (χ0v) is 12.3. The summed E-state index contributed by atoms with van der Waals surface area (Å²) in [6.07, 6.45) is 6.55. The smallest absolute Gasteiger partial charge is 0.158 e. The van der Waals surface area contributed by atoms with Gasteiger partial charge in [0.1, 0.15) is 0 Å². The Kier molecular flexibility index (Phi) is 5.94. The second kappa shape index (κ2) is 6.75. The van der Waals surface area contributed by atoms with Crippen molar-refractivity contribution in [3.63, 3.8) is 0 Å². The van der Waals surface area contributed by atoms with Gasteiger partial charge in [-0.25, -0.2) is 0 Å². The maximum Gasteiger partial charge on any atom is 0.158 e. The monoisotopic (exact) mass is 242 g/mol. The molecule has 2 heteroatoms. The third-order valence-electron chi connectivity index (χ3n) is 3.61. The summed E-state index contributed by atoms with van der Waals surface area (Å²) in [6.45, 7) is 12.0. The third kappa shape index (κ3) is 4.59. The molecule has 1 rings (SSSR count). The molecule has 0 aromatic heterocycles. The number of hydrogen-bond donors (Lipinski definition) is 0. The highest BCUT2D eigenvalue weighted by Crippen LogP contribution is 2.35. The number of unbranched alkanes of at least 4 members (excludes halogenated alkanes) is 3. The van der Waals surface area contributed by atoms with Crippen molar-refractivity contribution in [1.82, 2.24) is 0 Å². The summed E-state index contributed by atoms with van der Waals surface area (Å²) in [5.74, 6) is 0.562. The summed E-state index contributed by atoms with van der Waals surface area (Å²) in [6, 6.07) is 0. The fraction of sp³-hybridized carbons (Fsp3) is 1.00. The Hall–Kier alpha value is -0.0800. The molecule has 2 unspecified atom stereocenters. The molecule has 1 heterocycles. The van der Waals surface area contributed by atoms with E-state index in [9.17, 15) is 0 Å². The highest BCUT2D eigenvalue weighted by molar-refractivity contribution is 4.84. The molecule has 0 aromatic rings. The van der Waals surface area contributed by atoms with Gasteiger partial charge in [-0.15, -0.1) is 0 Å². The molecule has 0 aromatic carbocycles. The first-order chi connectivity index (χ1) is 7.97. The van der Waals surface area contributed by atoms with Gasteiger partial charge in [0.25, 0.3) is 0 Å². The minimum Gasteiger partial charge on any atom is -0.352 e. The van der Waals surface area contributed by atoms with E-state index in [0.717, 1.165) is 13.0 Å². The molecule has 0 bridgehead atoms. The summed E-state index contributed by atoms with van der Waals surface area (Å²) in [4.78, 5) is 0. The first-order valence-electron chi connectivity index (χ1n) is 7.24. The quantitative estimate of drug-likeness (QED) is 0.643. The summed E-state index contributed by atoms with van der Waals surface area (Å²) >= 11 is 0. The van der Waals surface area contributed by atoms with Crippen molar-refractivity contribution in [2.24, 2.45) is 11.3 Å². The molecule has 1 fully saturated rings. The van der Waals surface area contributed by atoms with E-state index in [-0.39, 0.29) is 11.7 Å². The Balaban J connectivity index is 2.35. The van der Waals surface area contributed by atoms with Crippen LogP contribution in [0.5, 0.6) is 0 Å². The van der Waals surface area contributed by atoms with Crippen LogP contribution in [0.4, 0.5) is 0 Å². The molecule has 17 heavy (non-hydrogen) atoms. The summed E-state index contributed by atoms with van der Waals surface area (Å²) in [5, 5.41) is 0. The van der Waals surface area contributed by atoms with Crippen molar-refractivity contribution < 1.29 is 9.47 Å². The zero-order chi connectivity index (χ0) is 12.9. The van der Waals surface area contributed by atoms with Crippen molar-refractivity contribution in [3.8, 4) is 0 Å². The van der Waals surface area contributed by atoms with Gasteiger partial charge in [-0.2, -0.15) is 0 Å². The Morgan fingerprint density at radius 3 is 2.47 bits per heavy atom. The number of hydrogen-bond acceptors (Lipinski definition) is 2. The molecule has 1 saturated heterocycles. The van der Waals surface area contributed by atoms with E-state index in [2.05, 4.69) is 34.6 Å². The largest absolute Gasteiger partial charge is 0.352 e. The second-order valence-electron chi connectivity index (χ2n) is 6.38. The highest BCUT2D eigenvalue weighted by Gasteiger charge is 2.39. The van der Waals surface area contributed by atoms with Crippen molar-refractivity contribution in [2.45, 2.75) is 79.1 Å². The van der Waals surface area contributed by atoms with Gasteiger partial charge in [-0.1, -0.05) is 53.9 Å². The lowest BCUT2D eigenvalue weighted by molar-refractivity contribution is -0.271. The predicted octanol–water partition coefficient (Wildman–Crippen LogP) is 4.38. The van der Waals surface area contributed by atoms with Gasteiger partial charge in [0.2, 0.25) is 0 Å². The van der Waals surface area contributed by atoms with E-state index >= 15 is 0 Å². The summed E-state index contributed by atoms with van der Waals surface area (Å²) in [5.41, 5.74) is 0.147. The second-order valence-corrected chi connectivity index (χ2v) is 6.38. The van der Waals surface area contributed by atoms with Crippen molar-refractivity contribution in [2.75, 3.05) is 6.61 Å². The normalized spacial score (nSPS) is 28.6. The molecule has 0 amide bonds. The standard InChI is InChI=1S/C15H30O2/c1-6-7-8-9-10-13-16-11-15(4,5)14(17-13)12(2)3/h12-14H,6-11H2,1-5H3. The van der Waals surface area contributed by atoms with E-state index in [4.69, 9.17) is 9.47 Å². The van der Waals surface area contributed by atoms with Crippen molar-refractivity contribution in [1.29, 1.82) is 0 Å². The molecule has 0 aliphatic carbocycles. The van der Waals surface area contributed by atoms with Gasteiger partial charge in [0.15, 0.2) is 6.29 Å². The lowest BCUT2D eigenvalue weighted by atomic mass is 9.80. The van der Waals surface area contributed by atoms with Crippen LogP contribution in [-0.4, -0.2) is 19.0 Å². The number of rotatable bonds is 6. The Bertz CT molecular complexity index is 211. The fourth-order valence-corrected chi connectivity index (χ4v) is 2.73. The Morgan fingerprint density at radius 1 is 1.18 bits per heavy atom. The lowest BCUT2D eigenvalue weighted by Gasteiger charge is -2.44. The van der Waals surface area contributed by atoms with Gasteiger partial charge in [-0.3, -0.25) is 0 Å². The molecule has 0 saturated carbocycles. The Labute approximate surface area is 107 Å². The minimum absolute atomic E-state index is 0.0345. The van der Waals surface area contributed by atoms with Crippen molar-refractivity contribution in [3.05, 3.63) is 0 Å². The summed E-state index contributed by atoms with van der Waals surface area (Å²) in [7, 11) is 0. The molecule has 0 radical (unpaired) electrons. The molecule has 2 nitrogen and oxygen atoms in total. The van der Waals surface area contributed by atoms with Crippen LogP contribution in [0.15, 0.2) is 0 Å². The molecular formula is C15H30O2. The van der Waals surface area contributed by atoms with Crippen LogP contribution < -0.4 is 0 Å². The fourth-order valence-electron chi connectivity index (χ4n) is 2.73. The van der Waals surface area contributed by atoms with E-state index in [1.807, 2.05) is 0 Å². The molecule has 0 spiro atoms. The van der Waals surface area contributed by atoms with Crippen LogP contribution in [0.3, 0.4) is 0 Å². The molecule has 1 aliphatic rings. The van der Waals surface area contributed by atoms with E-state index in [1.54, 1.807) is 0 Å². The molecule has 0 N–H and O–H groups in total. The van der Waals surface area contributed by atoms with Crippen LogP contribution >= 0.6 is 0 Å². The van der Waals surface area contributed by atoms with Gasteiger partial charge < -0.3 is 9.47 Å². The lowest BCUT2D eigenvalue weighted by Crippen LogP contribution is -2.48. The van der Waals surface area contributed by atoms with Crippen LogP contribution in [0.25, 0.3) is 0 Å². The first-order valence-corrected chi connectivity index (χ1v) is 7.24. The van der Waals surface area contributed by atoms with E-state index in [0.29, 0.717) is 12.0 Å². The molecule has 1 aliphatic heterocycles. The maximum absolute atomic E-state index is 6.12. The average molecular weight is 242 g/mol. The maximum atomic E-state index is 6.12. The molecular weight excluding hydrogens is 212 g/mol. The van der Waals surface area contributed by atoms with Crippen LogP contribution in [0.1, 0.15) is 66.7 Å². The van der Waals surface area contributed by atoms with Crippen LogP contribution in [0.2, 0.25) is 0 Å². The SMILES string of the molecule is CCCCCCC1OCC(C)(C)C(C(C)C)O1. The first kappa shape index (κ1) is 15.0. The highest BCUT2D eigenvalue weighted by atomic mass is 16.7. The van der Waals surface area contributed by atoms with Crippen LogP contribution in [-0.2, 0) is 9.47 Å². The van der Waals surface area contributed by atoms with Gasteiger partial charge in [0.05, 0.1) is 12.7 Å². The topological polar surface area (TPSA) is 18.5 Å². The molecule has 2 atom stereocenters. The zero-order valence-electron chi connectivity index (χ0n) is 12.3. The van der Waals surface area contributed by atoms with E-state index < -0.39 is 0 Å². The van der Waals surface area contributed by atoms with Crippen molar-refractivity contribution >= 4 is 0 Å². The van der Waals surface area contributed by atoms with Gasteiger partial charge >= 0.3 is 0 Å². The minimum atomic E-state index is 0.0345. The summed E-state index contributed by atoms with van der Waals surface area (Å²) < 4.78 is 12.0. The average Bonchev–Trinajstić information content (AvgIpc) is 2.25. The predicted molar refractivity (Wildman–Crippen MR) is 72.0 cm³/mol. The third-order valence-corrected chi connectivity index (χ3v) is 3.61. The van der Waals surface area contributed by atoms with E-state index in [1.165, 1.54) is 25.7 Å². The van der Waals surface area contributed by atoms with Gasteiger partial charge in [0, 0.05) is 5.41 Å². The number of ether oxygens (including phenoxy) is 2.